The number of hydrogen-bond donors (Lipinski definition) is 1. The molecule has 21 heavy (non-hydrogen) atoms. The number of imidazole rings is 1. The van der Waals surface area contributed by atoms with Gasteiger partial charge in [0.05, 0.1) is 5.02 Å². The van der Waals surface area contributed by atoms with E-state index in [0.717, 1.165) is 11.4 Å². The number of nitrogens with zero attached hydrogens (tertiary/aromatic N) is 1. The number of nitrogens with one attached hydrogen (secondary N) is 1. The van der Waals surface area contributed by atoms with Crippen molar-refractivity contribution < 1.29 is 4.79 Å². The molecule has 3 aromatic rings. The summed E-state index contributed by atoms with van der Waals surface area (Å²) in [5.41, 5.74) is 1.86. The third-order valence-corrected chi connectivity index (χ3v) is 3.66. The monoisotopic (exact) mass is 316 g/mol. The lowest BCUT2D eigenvalue weighted by atomic mass is 10.0. The standard InChI is InChI=1S/C16H10Cl2N2O/c17-12-5-6-14(18)13(9-12)15(21)10-1-3-11(4-2-10)16-19-7-8-20-16/h1-9H,(H,19,20). The smallest absolute Gasteiger partial charge is 0.194 e. The molecule has 0 radical (unpaired) electrons. The second-order valence-electron chi connectivity index (χ2n) is 4.47. The molecular weight excluding hydrogens is 307 g/mol. The summed E-state index contributed by atoms with van der Waals surface area (Å²) in [5, 5.41) is 0.870. The minimum atomic E-state index is -0.159. The highest BCUT2D eigenvalue weighted by Gasteiger charge is 2.13. The number of rotatable bonds is 3. The number of aromatic amines is 1. The van der Waals surface area contributed by atoms with Crippen LogP contribution in [0.4, 0.5) is 0 Å². The van der Waals surface area contributed by atoms with Crippen molar-refractivity contribution in [3.8, 4) is 11.4 Å². The van der Waals surface area contributed by atoms with Crippen molar-refractivity contribution in [1.82, 2.24) is 9.97 Å². The van der Waals surface area contributed by atoms with E-state index >= 15 is 0 Å². The van der Waals surface area contributed by atoms with Crippen LogP contribution in [-0.4, -0.2) is 15.8 Å². The topological polar surface area (TPSA) is 45.8 Å². The van der Waals surface area contributed by atoms with Crippen LogP contribution in [-0.2, 0) is 0 Å². The molecule has 0 unspecified atom stereocenters. The second kappa shape index (κ2) is 5.72. The number of H-pyrrole nitrogens is 1. The predicted molar refractivity (Wildman–Crippen MR) is 83.9 cm³/mol. The second-order valence-corrected chi connectivity index (χ2v) is 5.31. The molecule has 3 nitrogen and oxygen atoms in total. The number of halogens is 2. The van der Waals surface area contributed by atoms with Crippen molar-refractivity contribution in [2.45, 2.75) is 0 Å². The van der Waals surface area contributed by atoms with Crippen LogP contribution in [0.3, 0.4) is 0 Å². The number of hydrogen-bond acceptors (Lipinski definition) is 2. The molecule has 0 spiro atoms. The molecule has 5 heteroatoms. The van der Waals surface area contributed by atoms with Gasteiger partial charge in [-0.1, -0.05) is 47.5 Å². The molecular formula is C16H10Cl2N2O. The lowest BCUT2D eigenvalue weighted by Gasteiger charge is -2.05. The summed E-state index contributed by atoms with van der Waals surface area (Å²) < 4.78 is 0. The largest absolute Gasteiger partial charge is 0.345 e. The Morgan fingerprint density at radius 2 is 1.81 bits per heavy atom. The van der Waals surface area contributed by atoms with Crippen molar-refractivity contribution in [2.75, 3.05) is 0 Å². The van der Waals surface area contributed by atoms with E-state index in [1.54, 1.807) is 42.7 Å². The number of ketones is 1. The fraction of sp³-hybridized carbons (Fsp3) is 0. The molecule has 0 aliphatic carbocycles. The van der Waals surface area contributed by atoms with E-state index in [4.69, 9.17) is 23.2 Å². The van der Waals surface area contributed by atoms with Crippen molar-refractivity contribution in [3.63, 3.8) is 0 Å². The highest BCUT2D eigenvalue weighted by molar-refractivity contribution is 6.36. The first kappa shape index (κ1) is 13.9. The average Bonchev–Trinajstić information content (AvgIpc) is 3.03. The molecule has 0 fully saturated rings. The molecule has 104 valence electrons. The Hall–Kier alpha value is -2.10. The highest BCUT2D eigenvalue weighted by Crippen LogP contribution is 2.24. The summed E-state index contributed by atoms with van der Waals surface area (Å²) in [5.74, 6) is 0.600. The quantitative estimate of drug-likeness (QED) is 0.717. The van der Waals surface area contributed by atoms with Gasteiger partial charge in [-0.25, -0.2) is 4.98 Å². The van der Waals surface area contributed by atoms with Crippen LogP contribution in [0.25, 0.3) is 11.4 Å². The third-order valence-electron chi connectivity index (χ3n) is 3.09. The number of carbonyl (C=O) groups excluding carboxylic acids is 1. The summed E-state index contributed by atoms with van der Waals surface area (Å²) in [7, 11) is 0. The maximum atomic E-state index is 12.5. The van der Waals surface area contributed by atoms with Crippen LogP contribution in [0.15, 0.2) is 54.9 Å². The van der Waals surface area contributed by atoms with Gasteiger partial charge < -0.3 is 4.98 Å². The lowest BCUT2D eigenvalue weighted by Crippen LogP contribution is -2.02. The van der Waals surface area contributed by atoms with Gasteiger partial charge in [-0.05, 0) is 18.2 Å². The van der Waals surface area contributed by atoms with E-state index in [1.165, 1.54) is 0 Å². The Balaban J connectivity index is 1.93. The Bertz CT molecular complexity index is 781. The Morgan fingerprint density at radius 1 is 1.05 bits per heavy atom. The summed E-state index contributed by atoms with van der Waals surface area (Å²) in [6, 6.07) is 12.0. The first-order valence-corrected chi connectivity index (χ1v) is 7.00. The van der Waals surface area contributed by atoms with E-state index in [2.05, 4.69) is 9.97 Å². The van der Waals surface area contributed by atoms with Gasteiger partial charge in [-0.15, -0.1) is 0 Å². The fourth-order valence-electron chi connectivity index (χ4n) is 2.03. The maximum absolute atomic E-state index is 12.5. The Kier molecular flexibility index (Phi) is 3.78. The van der Waals surface area contributed by atoms with Crippen LogP contribution < -0.4 is 0 Å². The van der Waals surface area contributed by atoms with Crippen molar-refractivity contribution in [2.24, 2.45) is 0 Å². The molecule has 0 aliphatic rings. The van der Waals surface area contributed by atoms with Gasteiger partial charge in [-0.2, -0.15) is 0 Å². The summed E-state index contributed by atoms with van der Waals surface area (Å²) in [4.78, 5) is 19.6. The molecule has 0 atom stereocenters. The zero-order chi connectivity index (χ0) is 14.8. The van der Waals surface area contributed by atoms with Gasteiger partial charge in [-0.3, -0.25) is 4.79 Å². The van der Waals surface area contributed by atoms with Crippen LogP contribution >= 0.6 is 23.2 Å². The molecule has 1 heterocycles. The SMILES string of the molecule is O=C(c1ccc(-c2ncc[nH]2)cc1)c1cc(Cl)ccc1Cl. The van der Waals surface area contributed by atoms with Gasteiger partial charge in [0.25, 0.3) is 0 Å². The normalized spacial score (nSPS) is 10.6. The fourth-order valence-corrected chi connectivity index (χ4v) is 2.41. The zero-order valence-electron chi connectivity index (χ0n) is 10.8. The summed E-state index contributed by atoms with van der Waals surface area (Å²) in [6.45, 7) is 0. The average molecular weight is 317 g/mol. The van der Waals surface area contributed by atoms with Crippen molar-refractivity contribution in [3.05, 3.63) is 76.0 Å². The predicted octanol–water partition coefficient (Wildman–Crippen LogP) is 4.61. The first-order valence-electron chi connectivity index (χ1n) is 6.25. The van der Waals surface area contributed by atoms with E-state index in [0.29, 0.717) is 21.2 Å². The van der Waals surface area contributed by atoms with Crippen LogP contribution in [0.2, 0.25) is 10.0 Å². The van der Waals surface area contributed by atoms with Gasteiger partial charge >= 0.3 is 0 Å². The minimum Gasteiger partial charge on any atom is -0.345 e. The van der Waals surface area contributed by atoms with Gasteiger partial charge in [0.1, 0.15) is 5.82 Å². The summed E-state index contributed by atoms with van der Waals surface area (Å²) in [6.07, 6.45) is 3.43. The first-order chi connectivity index (χ1) is 10.1. The minimum absolute atomic E-state index is 0.159. The molecule has 0 bridgehead atoms. The van der Waals surface area contributed by atoms with Gasteiger partial charge in [0.15, 0.2) is 5.78 Å². The maximum Gasteiger partial charge on any atom is 0.194 e. The van der Waals surface area contributed by atoms with Gasteiger partial charge in [0.2, 0.25) is 0 Å². The Morgan fingerprint density at radius 3 is 2.48 bits per heavy atom. The van der Waals surface area contributed by atoms with Crippen LogP contribution in [0.1, 0.15) is 15.9 Å². The third kappa shape index (κ3) is 2.84. The van der Waals surface area contributed by atoms with E-state index in [-0.39, 0.29) is 5.78 Å². The van der Waals surface area contributed by atoms with Crippen molar-refractivity contribution in [1.29, 1.82) is 0 Å². The molecule has 0 amide bonds. The van der Waals surface area contributed by atoms with Crippen molar-refractivity contribution >= 4 is 29.0 Å². The molecule has 1 aromatic heterocycles. The van der Waals surface area contributed by atoms with Gasteiger partial charge in [0, 0.05) is 34.1 Å². The lowest BCUT2D eigenvalue weighted by molar-refractivity contribution is 0.103. The molecule has 3 rings (SSSR count). The zero-order valence-corrected chi connectivity index (χ0v) is 12.3. The van der Waals surface area contributed by atoms with E-state index < -0.39 is 0 Å². The van der Waals surface area contributed by atoms with E-state index in [9.17, 15) is 4.79 Å². The number of aromatic nitrogens is 2. The molecule has 0 saturated carbocycles. The number of benzene rings is 2. The van der Waals surface area contributed by atoms with Crippen LogP contribution in [0.5, 0.6) is 0 Å². The number of carbonyl (C=O) groups is 1. The van der Waals surface area contributed by atoms with Crippen LogP contribution in [0, 0.1) is 0 Å². The highest BCUT2D eigenvalue weighted by atomic mass is 35.5. The molecule has 2 aromatic carbocycles. The summed E-state index contributed by atoms with van der Waals surface area (Å²) >= 11 is 12.0. The van der Waals surface area contributed by atoms with E-state index in [1.807, 2.05) is 12.1 Å². The molecule has 0 saturated heterocycles. The Labute approximate surface area is 131 Å². The molecule has 1 N–H and O–H groups in total. The molecule has 0 aliphatic heterocycles.